The molecule has 9 heavy (non-hydrogen) atoms. The molecular formula is C4H10AlO4. The third-order valence-electron chi connectivity index (χ3n) is 0.449. The lowest BCUT2D eigenvalue weighted by atomic mass is 10.9. The highest BCUT2D eigenvalue weighted by atomic mass is 27.2. The van der Waals surface area contributed by atoms with Gasteiger partial charge in [0, 0.05) is 13.5 Å². The van der Waals surface area contributed by atoms with E-state index in [0.29, 0.717) is 6.61 Å². The third kappa shape index (κ3) is 11.5. The molecule has 0 aliphatic carbocycles. The van der Waals surface area contributed by atoms with Crippen LogP contribution in [0.3, 0.4) is 0 Å². The summed E-state index contributed by atoms with van der Waals surface area (Å²) in [6.45, 7) is 3.84. The van der Waals surface area contributed by atoms with Crippen LogP contribution in [0.15, 0.2) is 0 Å². The maximum Gasteiger partial charge on any atom is 0.776 e. The molecule has 0 aromatic heterocycles. The van der Waals surface area contributed by atoms with Crippen molar-refractivity contribution in [2.24, 2.45) is 0 Å². The fourth-order valence-corrected chi connectivity index (χ4v) is 0.509. The van der Waals surface area contributed by atoms with E-state index < -0.39 is 15.9 Å². The molecule has 5 heteroatoms. The van der Waals surface area contributed by atoms with Crippen molar-refractivity contribution >= 4 is 21.9 Å². The molecule has 0 aliphatic heterocycles. The predicted octanol–water partition coefficient (Wildman–Crippen LogP) is -0.704. The van der Waals surface area contributed by atoms with Crippen molar-refractivity contribution in [3.05, 3.63) is 0 Å². The van der Waals surface area contributed by atoms with Crippen LogP contribution in [0, 0.1) is 0 Å². The normalized spacial score (nSPS) is 7.33. The molecule has 0 fully saturated rings. The van der Waals surface area contributed by atoms with Crippen molar-refractivity contribution in [1.82, 2.24) is 0 Å². The van der Waals surface area contributed by atoms with Crippen LogP contribution in [0.4, 0.5) is 0 Å². The second kappa shape index (κ2) is 7.92. The first-order valence-corrected chi connectivity index (χ1v) is 3.32. The van der Waals surface area contributed by atoms with Gasteiger partial charge >= 0.3 is 15.9 Å². The van der Waals surface area contributed by atoms with Crippen LogP contribution in [0.5, 0.6) is 0 Å². The Labute approximate surface area is 60.8 Å². The Hall–Kier alpha value is -0.0775. The molecule has 0 aromatic carbocycles. The Morgan fingerprint density at radius 2 is 2.22 bits per heavy atom. The van der Waals surface area contributed by atoms with Gasteiger partial charge in [-0.15, -0.1) is 0 Å². The molecule has 2 N–H and O–H groups in total. The van der Waals surface area contributed by atoms with Crippen LogP contribution in [0.25, 0.3) is 0 Å². The van der Waals surface area contributed by atoms with Crippen molar-refractivity contribution in [1.29, 1.82) is 0 Å². The molecule has 0 saturated carbocycles. The lowest BCUT2D eigenvalue weighted by Gasteiger charge is -1.96. The molecular weight excluding hydrogens is 139 g/mol. The lowest BCUT2D eigenvalue weighted by Crippen LogP contribution is -2.07. The van der Waals surface area contributed by atoms with Gasteiger partial charge in [0.2, 0.25) is 0 Å². The third-order valence-corrected chi connectivity index (χ3v) is 1.35. The molecule has 0 amide bonds. The molecule has 0 aromatic rings. The van der Waals surface area contributed by atoms with Crippen LogP contribution in [0.1, 0.15) is 13.8 Å². The zero-order valence-corrected chi connectivity index (χ0v) is 6.66. The van der Waals surface area contributed by atoms with Crippen LogP contribution < -0.4 is 0 Å². The second-order valence-corrected chi connectivity index (χ2v) is 1.92. The van der Waals surface area contributed by atoms with E-state index in [2.05, 4.69) is 3.79 Å². The lowest BCUT2D eigenvalue weighted by molar-refractivity contribution is -0.132. The van der Waals surface area contributed by atoms with Crippen LogP contribution in [-0.4, -0.2) is 33.9 Å². The number of rotatable bonds is 3. The van der Waals surface area contributed by atoms with Crippen LogP contribution in [0.2, 0.25) is 0 Å². The molecule has 0 rings (SSSR count). The zero-order chi connectivity index (χ0) is 6.41. The van der Waals surface area contributed by atoms with Crippen LogP contribution >= 0.6 is 0 Å². The van der Waals surface area contributed by atoms with Gasteiger partial charge in [0.1, 0.15) is 0 Å². The van der Waals surface area contributed by atoms with Gasteiger partial charge in [-0.2, -0.15) is 0 Å². The van der Waals surface area contributed by atoms with Crippen molar-refractivity contribution in [2.75, 3.05) is 6.61 Å². The van der Waals surface area contributed by atoms with Crippen molar-refractivity contribution < 1.29 is 17.8 Å². The minimum absolute atomic E-state index is 0. The number of carbonyl (C=O) groups excluding carboxylic acids is 1. The van der Waals surface area contributed by atoms with E-state index in [0.717, 1.165) is 0 Å². The van der Waals surface area contributed by atoms with Crippen molar-refractivity contribution in [3.63, 3.8) is 0 Å². The smallest absolute Gasteiger partial charge is 0.600 e. The Bertz CT molecular complexity index is 75.0. The summed E-state index contributed by atoms with van der Waals surface area (Å²) in [4.78, 5) is 10.0. The quantitative estimate of drug-likeness (QED) is 0.393. The first kappa shape index (κ1) is 11.7. The van der Waals surface area contributed by atoms with Gasteiger partial charge in [-0.25, -0.2) is 0 Å². The standard InChI is InChI=1S/C2H4O2.C2H5O.Al.H2O/c1-2(3)4;1-2-3;;/h1H3,(H,3,4);2H2,1H3;;1H2/q;-1;+2;/p-1. The largest absolute Gasteiger partial charge is 0.776 e. The molecule has 0 bridgehead atoms. The second-order valence-electron chi connectivity index (χ2n) is 1.16. The molecule has 0 heterocycles. The van der Waals surface area contributed by atoms with Gasteiger partial charge in [0.15, 0.2) is 0 Å². The first-order valence-electron chi connectivity index (χ1n) is 2.38. The molecule has 0 saturated heterocycles. The summed E-state index contributed by atoms with van der Waals surface area (Å²) in [5.41, 5.74) is 0. The Balaban J connectivity index is 0. The van der Waals surface area contributed by atoms with Gasteiger partial charge < -0.3 is 13.1 Å². The summed E-state index contributed by atoms with van der Waals surface area (Å²) >= 11 is -0.561. The molecule has 53 valence electrons. The fraction of sp³-hybridized carbons (Fsp3) is 0.750. The van der Waals surface area contributed by atoms with E-state index in [1.807, 2.05) is 6.92 Å². The SMILES string of the molecule is CC[O][Al][O]C(C)=O.O. The summed E-state index contributed by atoms with van der Waals surface area (Å²) in [7, 11) is 0. The fourth-order valence-electron chi connectivity index (χ4n) is 0.170. The van der Waals surface area contributed by atoms with E-state index >= 15 is 0 Å². The van der Waals surface area contributed by atoms with Gasteiger partial charge in [-0.05, 0) is 6.92 Å². The Morgan fingerprint density at radius 1 is 1.67 bits per heavy atom. The van der Waals surface area contributed by atoms with E-state index in [1.165, 1.54) is 6.92 Å². The highest BCUT2D eigenvalue weighted by molar-refractivity contribution is 6.22. The maximum atomic E-state index is 10.0. The minimum Gasteiger partial charge on any atom is -0.600 e. The van der Waals surface area contributed by atoms with Crippen molar-refractivity contribution in [3.8, 4) is 0 Å². The number of hydrogen-bond acceptors (Lipinski definition) is 3. The highest BCUT2D eigenvalue weighted by Gasteiger charge is 1.98. The van der Waals surface area contributed by atoms with Crippen LogP contribution in [-0.2, 0) is 12.4 Å². The predicted molar refractivity (Wildman–Crippen MR) is 32.8 cm³/mol. The molecule has 0 unspecified atom stereocenters. The van der Waals surface area contributed by atoms with Gasteiger partial charge in [-0.1, -0.05) is 0 Å². The summed E-state index contributed by atoms with van der Waals surface area (Å²) in [5.74, 6) is -0.270. The Kier molecular flexibility index (Phi) is 10.3. The molecule has 0 atom stereocenters. The van der Waals surface area contributed by atoms with Gasteiger partial charge in [0.25, 0.3) is 5.97 Å². The average molecular weight is 149 g/mol. The number of carbonyl (C=O) groups is 1. The van der Waals surface area contributed by atoms with E-state index in [4.69, 9.17) is 3.79 Å². The maximum absolute atomic E-state index is 10.0. The summed E-state index contributed by atoms with van der Waals surface area (Å²) in [6.07, 6.45) is 0. The molecule has 4 nitrogen and oxygen atoms in total. The summed E-state index contributed by atoms with van der Waals surface area (Å²) in [6, 6.07) is 0. The van der Waals surface area contributed by atoms with Crippen molar-refractivity contribution in [2.45, 2.75) is 13.8 Å². The van der Waals surface area contributed by atoms with Gasteiger partial charge in [0.05, 0.1) is 0 Å². The van der Waals surface area contributed by atoms with E-state index in [-0.39, 0.29) is 11.4 Å². The molecule has 0 spiro atoms. The highest BCUT2D eigenvalue weighted by Crippen LogP contribution is 1.73. The zero-order valence-electron chi connectivity index (χ0n) is 5.51. The number of hydrogen-bond donors (Lipinski definition) is 0. The van der Waals surface area contributed by atoms with E-state index in [9.17, 15) is 4.79 Å². The Morgan fingerprint density at radius 3 is 2.56 bits per heavy atom. The monoisotopic (exact) mass is 149 g/mol. The molecule has 1 radical (unpaired) electrons. The summed E-state index contributed by atoms with van der Waals surface area (Å²) < 4.78 is 9.29. The topological polar surface area (TPSA) is 67.0 Å². The summed E-state index contributed by atoms with van der Waals surface area (Å²) in [5, 5.41) is 0. The average Bonchev–Trinajstić information content (AvgIpc) is 1.66. The van der Waals surface area contributed by atoms with E-state index in [1.54, 1.807) is 0 Å². The first-order chi connectivity index (χ1) is 3.77. The molecule has 0 aliphatic rings. The minimum atomic E-state index is -0.561. The van der Waals surface area contributed by atoms with Gasteiger partial charge in [-0.3, -0.25) is 4.79 Å².